The van der Waals surface area contributed by atoms with E-state index in [2.05, 4.69) is 41.1 Å². The molecule has 2 rings (SSSR count). The van der Waals surface area contributed by atoms with Gasteiger partial charge in [0.2, 0.25) is 5.91 Å². The Balaban J connectivity index is 2.41. The number of carbonyl (C=O) groups excluding carboxylic acids is 1. The van der Waals surface area contributed by atoms with Crippen molar-refractivity contribution in [2.45, 2.75) is 38.3 Å². The Morgan fingerprint density at radius 3 is 2.83 bits per heavy atom. The molecule has 98 valence electrons. The van der Waals surface area contributed by atoms with Gasteiger partial charge in [0.05, 0.1) is 6.04 Å². The molecule has 2 atom stereocenters. The molecule has 0 bridgehead atoms. The number of rotatable bonds is 1. The number of nitrogens with zero attached hydrogens (tertiary/aromatic N) is 1. The maximum Gasteiger partial charge on any atom is 0.222 e. The fourth-order valence-electron chi connectivity index (χ4n) is 2.58. The van der Waals surface area contributed by atoms with Crippen LogP contribution in [-0.2, 0) is 4.79 Å². The van der Waals surface area contributed by atoms with Crippen LogP contribution in [0.25, 0.3) is 0 Å². The van der Waals surface area contributed by atoms with Crippen LogP contribution in [0.3, 0.4) is 0 Å². The Bertz CT molecular complexity index is 461. The van der Waals surface area contributed by atoms with Crippen molar-refractivity contribution >= 4 is 21.8 Å². The number of hydrogen-bond donors (Lipinski definition) is 1. The SMILES string of the molecule is Cc1ccc(C2C(N)CCCC(=O)N2C)c(Br)c1. The van der Waals surface area contributed by atoms with Crippen molar-refractivity contribution in [2.75, 3.05) is 7.05 Å². The Kier molecular flexibility index (Phi) is 4.07. The van der Waals surface area contributed by atoms with Crippen LogP contribution in [-0.4, -0.2) is 23.9 Å². The van der Waals surface area contributed by atoms with Gasteiger partial charge in [0, 0.05) is 24.0 Å². The van der Waals surface area contributed by atoms with Crippen molar-refractivity contribution in [3.63, 3.8) is 0 Å². The van der Waals surface area contributed by atoms with Crippen LogP contribution in [0.5, 0.6) is 0 Å². The van der Waals surface area contributed by atoms with Gasteiger partial charge in [-0.25, -0.2) is 0 Å². The summed E-state index contributed by atoms with van der Waals surface area (Å²) in [5.74, 6) is 0.181. The quantitative estimate of drug-likeness (QED) is 0.867. The summed E-state index contributed by atoms with van der Waals surface area (Å²) in [6.45, 7) is 2.05. The van der Waals surface area contributed by atoms with Crippen LogP contribution in [0, 0.1) is 6.92 Å². The van der Waals surface area contributed by atoms with E-state index in [-0.39, 0.29) is 18.0 Å². The molecule has 1 fully saturated rings. The number of benzene rings is 1. The number of likely N-dealkylation sites (tertiary alicyclic amines) is 1. The number of halogens is 1. The van der Waals surface area contributed by atoms with Crippen molar-refractivity contribution in [3.05, 3.63) is 33.8 Å². The van der Waals surface area contributed by atoms with Gasteiger partial charge in [-0.15, -0.1) is 0 Å². The number of likely N-dealkylation sites (N-methyl/N-ethyl adjacent to an activating group) is 1. The lowest BCUT2D eigenvalue weighted by Crippen LogP contribution is -2.40. The second kappa shape index (κ2) is 5.41. The van der Waals surface area contributed by atoms with Crippen LogP contribution in [0.4, 0.5) is 0 Å². The predicted molar refractivity (Wildman–Crippen MR) is 76.2 cm³/mol. The first-order valence-corrected chi connectivity index (χ1v) is 7.07. The third-order valence-corrected chi connectivity index (χ3v) is 4.31. The van der Waals surface area contributed by atoms with Crippen LogP contribution < -0.4 is 5.73 Å². The fourth-order valence-corrected chi connectivity index (χ4v) is 3.30. The maximum atomic E-state index is 12.0. The topological polar surface area (TPSA) is 46.3 Å². The van der Waals surface area contributed by atoms with E-state index in [1.54, 1.807) is 4.90 Å². The van der Waals surface area contributed by atoms with E-state index in [1.807, 2.05) is 7.05 Å². The van der Waals surface area contributed by atoms with Crippen LogP contribution in [0.1, 0.15) is 36.4 Å². The molecule has 3 nitrogen and oxygen atoms in total. The summed E-state index contributed by atoms with van der Waals surface area (Å²) in [5.41, 5.74) is 8.55. The highest BCUT2D eigenvalue weighted by atomic mass is 79.9. The molecule has 0 spiro atoms. The highest BCUT2D eigenvalue weighted by Crippen LogP contribution is 2.33. The van der Waals surface area contributed by atoms with Gasteiger partial charge in [0.25, 0.3) is 0 Å². The molecule has 1 aliphatic heterocycles. The van der Waals surface area contributed by atoms with Gasteiger partial charge >= 0.3 is 0 Å². The summed E-state index contributed by atoms with van der Waals surface area (Å²) < 4.78 is 1.03. The number of amides is 1. The minimum Gasteiger partial charge on any atom is -0.337 e. The Morgan fingerprint density at radius 2 is 2.17 bits per heavy atom. The molecule has 1 saturated heterocycles. The molecule has 1 aliphatic rings. The summed E-state index contributed by atoms with van der Waals surface area (Å²) in [6.07, 6.45) is 2.37. The lowest BCUT2D eigenvalue weighted by Gasteiger charge is -2.31. The molecule has 2 unspecified atom stereocenters. The molecule has 0 saturated carbocycles. The van der Waals surface area contributed by atoms with Gasteiger partial charge in [-0.3, -0.25) is 4.79 Å². The van der Waals surface area contributed by atoms with Crippen molar-refractivity contribution in [1.82, 2.24) is 4.90 Å². The van der Waals surface area contributed by atoms with Gasteiger partial charge in [0.1, 0.15) is 0 Å². The van der Waals surface area contributed by atoms with E-state index in [1.165, 1.54) is 5.56 Å². The highest BCUT2D eigenvalue weighted by Gasteiger charge is 2.31. The Labute approximate surface area is 116 Å². The monoisotopic (exact) mass is 310 g/mol. The standard InChI is InChI=1S/C14H19BrN2O/c1-9-6-7-10(11(15)8-9)14-12(16)4-3-5-13(18)17(14)2/h6-8,12,14H,3-5,16H2,1-2H3. The van der Waals surface area contributed by atoms with Gasteiger partial charge < -0.3 is 10.6 Å². The third-order valence-electron chi connectivity index (χ3n) is 3.62. The third kappa shape index (κ3) is 2.59. The van der Waals surface area contributed by atoms with E-state index in [4.69, 9.17) is 5.73 Å². The average molecular weight is 311 g/mol. The molecule has 18 heavy (non-hydrogen) atoms. The molecule has 0 radical (unpaired) electrons. The zero-order valence-corrected chi connectivity index (χ0v) is 12.4. The van der Waals surface area contributed by atoms with Crippen LogP contribution in [0.15, 0.2) is 22.7 Å². The van der Waals surface area contributed by atoms with Gasteiger partial charge in [-0.1, -0.05) is 28.1 Å². The molecule has 0 aliphatic carbocycles. The van der Waals surface area contributed by atoms with Gasteiger partial charge in [-0.2, -0.15) is 0 Å². The fraction of sp³-hybridized carbons (Fsp3) is 0.500. The predicted octanol–water partition coefficient (Wildman–Crippen LogP) is 2.77. The molecule has 0 aromatic heterocycles. The largest absolute Gasteiger partial charge is 0.337 e. The summed E-state index contributed by atoms with van der Waals surface area (Å²) in [4.78, 5) is 13.8. The number of aryl methyl sites for hydroxylation is 1. The molecular formula is C14H19BrN2O. The molecule has 1 aromatic carbocycles. The van der Waals surface area contributed by atoms with Gasteiger partial charge in [-0.05, 0) is 37.0 Å². The molecule has 1 heterocycles. The van der Waals surface area contributed by atoms with Crippen LogP contribution in [0.2, 0.25) is 0 Å². The molecule has 1 aromatic rings. The zero-order chi connectivity index (χ0) is 13.3. The minimum absolute atomic E-state index is 0.000422. The molecular weight excluding hydrogens is 292 g/mol. The summed E-state index contributed by atoms with van der Waals surface area (Å²) >= 11 is 3.59. The first-order chi connectivity index (χ1) is 8.50. The Morgan fingerprint density at radius 1 is 1.44 bits per heavy atom. The van der Waals surface area contributed by atoms with Crippen molar-refractivity contribution in [2.24, 2.45) is 5.73 Å². The molecule has 2 N–H and O–H groups in total. The summed E-state index contributed by atoms with van der Waals surface area (Å²) in [5, 5.41) is 0. The zero-order valence-electron chi connectivity index (χ0n) is 10.8. The van der Waals surface area contributed by atoms with Crippen molar-refractivity contribution in [1.29, 1.82) is 0 Å². The highest BCUT2D eigenvalue weighted by molar-refractivity contribution is 9.10. The summed E-state index contributed by atoms with van der Waals surface area (Å²) in [7, 11) is 1.85. The maximum absolute atomic E-state index is 12.0. The average Bonchev–Trinajstić information content (AvgIpc) is 2.42. The smallest absolute Gasteiger partial charge is 0.222 e. The molecule has 4 heteroatoms. The van der Waals surface area contributed by atoms with Crippen molar-refractivity contribution < 1.29 is 4.79 Å². The lowest BCUT2D eigenvalue weighted by atomic mass is 9.96. The van der Waals surface area contributed by atoms with E-state index in [0.717, 1.165) is 22.9 Å². The van der Waals surface area contributed by atoms with E-state index in [0.29, 0.717) is 6.42 Å². The van der Waals surface area contributed by atoms with Gasteiger partial charge in [0.15, 0.2) is 0 Å². The van der Waals surface area contributed by atoms with Crippen LogP contribution >= 0.6 is 15.9 Å². The number of hydrogen-bond acceptors (Lipinski definition) is 2. The van der Waals surface area contributed by atoms with Crippen molar-refractivity contribution in [3.8, 4) is 0 Å². The first kappa shape index (κ1) is 13.6. The number of nitrogens with two attached hydrogens (primary N) is 1. The summed E-state index contributed by atoms with van der Waals surface area (Å²) in [6, 6.07) is 6.18. The normalized spacial score (nSPS) is 25.1. The second-order valence-corrected chi connectivity index (χ2v) is 5.88. The first-order valence-electron chi connectivity index (χ1n) is 6.28. The van der Waals surface area contributed by atoms with E-state index in [9.17, 15) is 4.79 Å². The van der Waals surface area contributed by atoms with E-state index >= 15 is 0 Å². The molecule has 1 amide bonds. The number of carbonyl (C=O) groups is 1. The Hall–Kier alpha value is -0.870. The minimum atomic E-state index is -0.0324. The van der Waals surface area contributed by atoms with E-state index < -0.39 is 0 Å². The second-order valence-electron chi connectivity index (χ2n) is 5.03. The lowest BCUT2D eigenvalue weighted by molar-refractivity contribution is -0.131.